The number of carbonyl (C=O) groups excluding carboxylic acids is 1. The molecule has 158 valence electrons. The molecule has 0 bridgehead atoms. The molecule has 8 nitrogen and oxygen atoms in total. The standard InChI is InChI=1S/C19H13ClN4O4S3/c1-23-18(26)16-11(14-3-2-6-29-14)8-30-17(16)22-19(23)31-9-15(25)21-10-4-5-12(20)13(7-10)24(27)28/h2-8H,9H2,1H3,(H,21,25). The summed E-state index contributed by atoms with van der Waals surface area (Å²) in [5.41, 5.74) is 0.659. The molecule has 1 N–H and O–H groups in total. The zero-order valence-electron chi connectivity index (χ0n) is 15.8. The first-order valence-electron chi connectivity index (χ1n) is 8.74. The number of hydrogen-bond acceptors (Lipinski definition) is 8. The SMILES string of the molecule is Cn1c(SCC(=O)Nc2ccc(Cl)c([N+](=O)[O-])c2)nc2scc(-c3cccs3)c2c1=O. The van der Waals surface area contributed by atoms with E-state index in [-0.39, 0.29) is 33.6 Å². The van der Waals surface area contributed by atoms with E-state index in [0.717, 1.165) is 22.2 Å². The smallest absolute Gasteiger partial charge is 0.289 e. The van der Waals surface area contributed by atoms with Crippen LogP contribution in [0.4, 0.5) is 11.4 Å². The Hall–Kier alpha value is -2.73. The average molecular weight is 493 g/mol. The predicted octanol–water partition coefficient (Wildman–Crippen LogP) is 5.02. The van der Waals surface area contributed by atoms with Crippen LogP contribution in [0.5, 0.6) is 0 Å². The highest BCUT2D eigenvalue weighted by molar-refractivity contribution is 7.99. The highest BCUT2D eigenvalue weighted by atomic mass is 35.5. The Morgan fingerprint density at radius 1 is 1.35 bits per heavy atom. The molecule has 0 atom stereocenters. The molecule has 0 saturated carbocycles. The number of nitro benzene ring substituents is 1. The molecule has 4 rings (SSSR count). The summed E-state index contributed by atoms with van der Waals surface area (Å²) in [5, 5.41) is 18.4. The molecule has 0 unspecified atom stereocenters. The summed E-state index contributed by atoms with van der Waals surface area (Å²) < 4.78 is 1.43. The number of thiophene rings is 2. The minimum Gasteiger partial charge on any atom is -0.325 e. The average Bonchev–Trinajstić information content (AvgIpc) is 3.40. The van der Waals surface area contributed by atoms with E-state index < -0.39 is 4.92 Å². The molecule has 0 saturated heterocycles. The Labute approximate surface area is 192 Å². The fraction of sp³-hybridized carbons (Fsp3) is 0.105. The number of hydrogen-bond donors (Lipinski definition) is 1. The van der Waals surface area contributed by atoms with Gasteiger partial charge in [-0.15, -0.1) is 22.7 Å². The van der Waals surface area contributed by atoms with Gasteiger partial charge in [-0.2, -0.15) is 0 Å². The van der Waals surface area contributed by atoms with Gasteiger partial charge in [-0.1, -0.05) is 29.4 Å². The van der Waals surface area contributed by atoms with Crippen molar-refractivity contribution in [3.63, 3.8) is 0 Å². The van der Waals surface area contributed by atoms with Gasteiger partial charge < -0.3 is 5.32 Å². The summed E-state index contributed by atoms with van der Waals surface area (Å²) in [6, 6.07) is 7.92. The fourth-order valence-corrected chi connectivity index (χ4v) is 5.61. The van der Waals surface area contributed by atoms with Gasteiger partial charge in [0.25, 0.3) is 11.2 Å². The van der Waals surface area contributed by atoms with Crippen LogP contribution in [-0.4, -0.2) is 26.1 Å². The summed E-state index contributed by atoms with van der Waals surface area (Å²) in [6.07, 6.45) is 0. The second kappa shape index (κ2) is 8.79. The van der Waals surface area contributed by atoms with Crippen molar-refractivity contribution >= 4 is 73.5 Å². The molecule has 0 fully saturated rings. The Morgan fingerprint density at radius 2 is 2.16 bits per heavy atom. The van der Waals surface area contributed by atoms with Crippen LogP contribution in [0.25, 0.3) is 20.7 Å². The molecule has 31 heavy (non-hydrogen) atoms. The molecule has 0 spiro atoms. The van der Waals surface area contributed by atoms with Crippen molar-refractivity contribution in [2.24, 2.45) is 7.05 Å². The van der Waals surface area contributed by atoms with E-state index in [1.807, 2.05) is 22.9 Å². The number of amides is 1. The molecule has 1 amide bonds. The zero-order chi connectivity index (χ0) is 22.1. The van der Waals surface area contributed by atoms with Gasteiger partial charge in [-0.25, -0.2) is 4.98 Å². The van der Waals surface area contributed by atoms with Gasteiger partial charge in [0.15, 0.2) is 5.16 Å². The number of benzene rings is 1. The van der Waals surface area contributed by atoms with Gasteiger partial charge in [0, 0.05) is 34.6 Å². The predicted molar refractivity (Wildman–Crippen MR) is 126 cm³/mol. The number of nitro groups is 1. The maximum Gasteiger partial charge on any atom is 0.289 e. The third-order valence-corrected chi connectivity index (χ3v) is 7.44. The van der Waals surface area contributed by atoms with Crippen molar-refractivity contribution in [3.05, 3.63) is 66.6 Å². The van der Waals surface area contributed by atoms with Gasteiger partial charge in [-0.3, -0.25) is 24.3 Å². The van der Waals surface area contributed by atoms with Gasteiger partial charge in [0.2, 0.25) is 5.91 Å². The molecule has 0 aliphatic heterocycles. The molecular weight excluding hydrogens is 480 g/mol. The lowest BCUT2D eigenvalue weighted by molar-refractivity contribution is -0.384. The molecule has 4 aromatic rings. The zero-order valence-corrected chi connectivity index (χ0v) is 19.0. The topological polar surface area (TPSA) is 107 Å². The van der Waals surface area contributed by atoms with Crippen molar-refractivity contribution in [2.45, 2.75) is 5.16 Å². The van der Waals surface area contributed by atoms with Gasteiger partial charge in [0.05, 0.1) is 16.1 Å². The van der Waals surface area contributed by atoms with Crippen LogP contribution >= 0.6 is 46.0 Å². The largest absolute Gasteiger partial charge is 0.325 e. The third kappa shape index (κ3) is 4.35. The van der Waals surface area contributed by atoms with Crippen LogP contribution < -0.4 is 10.9 Å². The maximum atomic E-state index is 12.9. The number of nitrogens with one attached hydrogen (secondary N) is 1. The lowest BCUT2D eigenvalue weighted by Gasteiger charge is -2.08. The summed E-state index contributed by atoms with van der Waals surface area (Å²) in [7, 11) is 1.62. The molecule has 3 aromatic heterocycles. The number of rotatable bonds is 6. The van der Waals surface area contributed by atoms with Crippen LogP contribution in [0.2, 0.25) is 5.02 Å². The third-order valence-electron chi connectivity index (χ3n) is 4.32. The van der Waals surface area contributed by atoms with Crippen LogP contribution in [0.3, 0.4) is 0 Å². The molecular formula is C19H13ClN4O4S3. The van der Waals surface area contributed by atoms with E-state index >= 15 is 0 Å². The normalized spacial score (nSPS) is 11.0. The highest BCUT2D eigenvalue weighted by Crippen LogP contribution is 2.34. The minimum atomic E-state index is -0.618. The van der Waals surface area contributed by atoms with E-state index in [0.29, 0.717) is 15.4 Å². The van der Waals surface area contributed by atoms with Crippen molar-refractivity contribution in [1.82, 2.24) is 9.55 Å². The van der Waals surface area contributed by atoms with Crippen LogP contribution in [0.1, 0.15) is 0 Å². The number of carbonyl (C=O) groups is 1. The summed E-state index contributed by atoms with van der Waals surface area (Å²) >= 11 is 9.84. The Balaban J connectivity index is 1.52. The molecule has 12 heteroatoms. The lowest BCUT2D eigenvalue weighted by atomic mass is 10.2. The van der Waals surface area contributed by atoms with Crippen molar-refractivity contribution in [1.29, 1.82) is 0 Å². The Bertz CT molecular complexity index is 1360. The van der Waals surface area contributed by atoms with E-state index in [2.05, 4.69) is 10.3 Å². The Morgan fingerprint density at radius 3 is 2.87 bits per heavy atom. The second-order valence-corrected chi connectivity index (χ2v) is 9.48. The second-order valence-electron chi connectivity index (χ2n) is 6.33. The lowest BCUT2D eigenvalue weighted by Crippen LogP contribution is -2.21. The van der Waals surface area contributed by atoms with E-state index in [4.69, 9.17) is 11.6 Å². The van der Waals surface area contributed by atoms with Gasteiger partial charge in [-0.05, 0) is 23.6 Å². The number of anilines is 1. The summed E-state index contributed by atoms with van der Waals surface area (Å²) in [5.74, 6) is -0.410. The molecule has 0 aliphatic rings. The monoisotopic (exact) mass is 492 g/mol. The number of thioether (sulfide) groups is 1. The first-order chi connectivity index (χ1) is 14.8. The quantitative estimate of drug-likeness (QED) is 0.175. The van der Waals surface area contributed by atoms with Crippen LogP contribution in [0, 0.1) is 10.1 Å². The number of aromatic nitrogens is 2. The minimum absolute atomic E-state index is 0.0113. The molecule has 0 radical (unpaired) electrons. The van der Waals surface area contributed by atoms with Crippen LogP contribution in [0.15, 0.2) is 51.0 Å². The Kier molecular flexibility index (Phi) is 6.10. The highest BCUT2D eigenvalue weighted by Gasteiger charge is 2.18. The fourth-order valence-electron chi connectivity index (χ4n) is 2.85. The summed E-state index contributed by atoms with van der Waals surface area (Å²) in [4.78, 5) is 41.8. The van der Waals surface area contributed by atoms with E-state index in [1.54, 1.807) is 18.4 Å². The number of nitrogens with zero attached hydrogens (tertiary/aromatic N) is 3. The van der Waals surface area contributed by atoms with Gasteiger partial charge in [0.1, 0.15) is 9.85 Å². The van der Waals surface area contributed by atoms with Crippen molar-refractivity contribution in [3.8, 4) is 10.4 Å². The summed E-state index contributed by atoms with van der Waals surface area (Å²) in [6.45, 7) is 0. The number of halogens is 1. The molecule has 1 aromatic carbocycles. The first-order valence-corrected chi connectivity index (χ1v) is 11.9. The van der Waals surface area contributed by atoms with Crippen LogP contribution in [-0.2, 0) is 11.8 Å². The molecule has 3 heterocycles. The van der Waals surface area contributed by atoms with Crippen molar-refractivity contribution < 1.29 is 9.72 Å². The first kappa shape index (κ1) is 21.5. The molecule has 0 aliphatic carbocycles. The maximum absolute atomic E-state index is 12.9. The number of fused-ring (bicyclic) bond motifs is 1. The van der Waals surface area contributed by atoms with E-state index in [1.165, 1.54) is 34.1 Å². The van der Waals surface area contributed by atoms with Crippen molar-refractivity contribution in [2.75, 3.05) is 11.1 Å². The van der Waals surface area contributed by atoms with Gasteiger partial charge >= 0.3 is 0 Å². The van der Waals surface area contributed by atoms with E-state index in [9.17, 15) is 19.7 Å².